The standard InChI is InChI=1S/C18H20ClF2N3O3S/c1-12-2-4-14(11-16(12)24-8-6-22-7-9-24)28(25,26)23-15-10-13(19)3-5-17(15)27-18(20)21/h2-5,10-11,18,22-23H,6-9H2,1H3. The highest BCUT2D eigenvalue weighted by molar-refractivity contribution is 7.92. The highest BCUT2D eigenvalue weighted by Crippen LogP contribution is 2.32. The molecule has 1 saturated heterocycles. The van der Waals surface area contributed by atoms with Gasteiger partial charge in [0.05, 0.1) is 10.6 Å². The number of rotatable bonds is 6. The van der Waals surface area contributed by atoms with Crippen LogP contribution in [0.1, 0.15) is 5.56 Å². The smallest absolute Gasteiger partial charge is 0.387 e. The van der Waals surface area contributed by atoms with Gasteiger partial charge in [-0.2, -0.15) is 8.78 Å². The van der Waals surface area contributed by atoms with Crippen molar-refractivity contribution in [2.75, 3.05) is 35.8 Å². The first kappa shape index (κ1) is 20.6. The zero-order valence-electron chi connectivity index (χ0n) is 15.1. The minimum Gasteiger partial charge on any atom is -0.433 e. The molecule has 2 aromatic rings. The van der Waals surface area contributed by atoms with Gasteiger partial charge < -0.3 is 15.0 Å². The lowest BCUT2D eigenvalue weighted by atomic mass is 10.1. The van der Waals surface area contributed by atoms with Crippen molar-refractivity contribution >= 4 is 33.0 Å². The molecule has 0 amide bonds. The van der Waals surface area contributed by atoms with E-state index in [1.54, 1.807) is 12.1 Å². The Balaban J connectivity index is 1.92. The lowest BCUT2D eigenvalue weighted by Crippen LogP contribution is -2.43. The molecule has 1 heterocycles. The molecule has 152 valence electrons. The van der Waals surface area contributed by atoms with Gasteiger partial charge in [-0.1, -0.05) is 17.7 Å². The number of hydrogen-bond acceptors (Lipinski definition) is 5. The SMILES string of the molecule is Cc1ccc(S(=O)(=O)Nc2cc(Cl)ccc2OC(F)F)cc1N1CCNCC1. The van der Waals surface area contributed by atoms with E-state index in [1.807, 2.05) is 6.92 Å². The van der Waals surface area contributed by atoms with E-state index < -0.39 is 16.6 Å². The summed E-state index contributed by atoms with van der Waals surface area (Å²) in [5.41, 5.74) is 1.61. The fourth-order valence-corrected chi connectivity index (χ4v) is 4.24. The molecule has 0 radical (unpaired) electrons. The third kappa shape index (κ3) is 4.84. The lowest BCUT2D eigenvalue weighted by Gasteiger charge is -2.31. The summed E-state index contributed by atoms with van der Waals surface area (Å²) in [6.45, 7) is 1.96. The predicted molar refractivity (Wildman–Crippen MR) is 105 cm³/mol. The van der Waals surface area contributed by atoms with Crippen LogP contribution in [0.3, 0.4) is 0 Å². The first-order chi connectivity index (χ1) is 13.3. The molecule has 0 aliphatic carbocycles. The number of nitrogens with one attached hydrogen (secondary N) is 2. The minimum absolute atomic E-state index is 0.0228. The first-order valence-electron chi connectivity index (χ1n) is 8.60. The molecule has 0 bridgehead atoms. The molecule has 10 heteroatoms. The number of ether oxygens (including phenoxy) is 1. The van der Waals surface area contributed by atoms with Crippen LogP contribution in [0.25, 0.3) is 0 Å². The third-order valence-electron chi connectivity index (χ3n) is 4.35. The van der Waals surface area contributed by atoms with Crippen LogP contribution >= 0.6 is 11.6 Å². The number of hydrogen-bond donors (Lipinski definition) is 2. The fourth-order valence-electron chi connectivity index (χ4n) is 2.99. The molecule has 3 rings (SSSR count). The van der Waals surface area contributed by atoms with Crippen LogP contribution in [0.15, 0.2) is 41.3 Å². The number of piperazine rings is 1. The number of alkyl halides is 2. The Morgan fingerprint density at radius 3 is 2.57 bits per heavy atom. The van der Waals surface area contributed by atoms with Crippen LogP contribution in [0, 0.1) is 6.92 Å². The molecular weight excluding hydrogens is 412 g/mol. The summed E-state index contributed by atoms with van der Waals surface area (Å²) in [4.78, 5) is 2.13. The second kappa shape index (κ2) is 8.50. The molecular formula is C18H20ClF2N3O3S. The Labute approximate surface area is 167 Å². The van der Waals surface area contributed by atoms with Gasteiger partial charge >= 0.3 is 6.61 Å². The minimum atomic E-state index is -4.04. The fraction of sp³-hybridized carbons (Fsp3) is 0.333. The molecule has 1 aliphatic rings. The molecule has 0 spiro atoms. The zero-order chi connectivity index (χ0) is 20.3. The summed E-state index contributed by atoms with van der Waals surface area (Å²) in [6, 6.07) is 8.53. The van der Waals surface area contributed by atoms with Gasteiger partial charge in [-0.05, 0) is 42.8 Å². The summed E-state index contributed by atoms with van der Waals surface area (Å²) in [5.74, 6) is -0.308. The number of halogens is 3. The first-order valence-corrected chi connectivity index (χ1v) is 10.5. The topological polar surface area (TPSA) is 70.7 Å². The van der Waals surface area contributed by atoms with Gasteiger partial charge in [-0.3, -0.25) is 4.72 Å². The number of aryl methyl sites for hydroxylation is 1. The van der Waals surface area contributed by atoms with Gasteiger partial charge in [-0.25, -0.2) is 8.42 Å². The van der Waals surface area contributed by atoms with E-state index >= 15 is 0 Å². The number of sulfonamides is 1. The zero-order valence-corrected chi connectivity index (χ0v) is 16.7. The van der Waals surface area contributed by atoms with E-state index in [9.17, 15) is 17.2 Å². The molecule has 1 fully saturated rings. The highest BCUT2D eigenvalue weighted by Gasteiger charge is 2.21. The van der Waals surface area contributed by atoms with Crippen molar-refractivity contribution in [2.24, 2.45) is 0 Å². The van der Waals surface area contributed by atoms with Crippen molar-refractivity contribution in [3.8, 4) is 5.75 Å². The van der Waals surface area contributed by atoms with Crippen LogP contribution in [0.5, 0.6) is 5.75 Å². The quantitative estimate of drug-likeness (QED) is 0.733. The van der Waals surface area contributed by atoms with Crippen molar-refractivity contribution in [1.82, 2.24) is 5.32 Å². The monoisotopic (exact) mass is 431 g/mol. The molecule has 1 aliphatic heterocycles. The molecule has 0 unspecified atom stereocenters. The van der Waals surface area contributed by atoms with E-state index in [0.717, 1.165) is 37.4 Å². The summed E-state index contributed by atoms with van der Waals surface area (Å²) >= 11 is 5.89. The van der Waals surface area contributed by atoms with Crippen molar-refractivity contribution in [3.63, 3.8) is 0 Å². The predicted octanol–water partition coefficient (Wildman–Crippen LogP) is 3.46. The van der Waals surface area contributed by atoms with Crippen LogP contribution in [-0.4, -0.2) is 41.2 Å². The van der Waals surface area contributed by atoms with E-state index in [1.165, 1.54) is 24.3 Å². The van der Waals surface area contributed by atoms with Gasteiger partial charge in [0, 0.05) is 36.9 Å². The molecule has 0 aromatic heterocycles. The normalized spacial score (nSPS) is 15.0. The average molecular weight is 432 g/mol. The second-order valence-corrected chi connectivity index (χ2v) is 8.43. The van der Waals surface area contributed by atoms with Crippen molar-refractivity contribution in [2.45, 2.75) is 18.4 Å². The Morgan fingerprint density at radius 2 is 1.89 bits per heavy atom. The van der Waals surface area contributed by atoms with E-state index in [2.05, 4.69) is 19.7 Å². The molecule has 28 heavy (non-hydrogen) atoms. The van der Waals surface area contributed by atoms with Gasteiger partial charge in [0.15, 0.2) is 0 Å². The van der Waals surface area contributed by atoms with E-state index in [0.29, 0.717) is 0 Å². The van der Waals surface area contributed by atoms with Gasteiger partial charge in [0.2, 0.25) is 0 Å². The van der Waals surface area contributed by atoms with Crippen LogP contribution in [-0.2, 0) is 10.0 Å². The van der Waals surface area contributed by atoms with Gasteiger partial charge in [0.25, 0.3) is 10.0 Å². The van der Waals surface area contributed by atoms with Crippen molar-refractivity contribution in [1.29, 1.82) is 0 Å². The Bertz CT molecular complexity index is 951. The summed E-state index contributed by atoms with van der Waals surface area (Å²) < 4.78 is 57.7. The molecule has 6 nitrogen and oxygen atoms in total. The maximum absolute atomic E-state index is 12.9. The number of anilines is 2. The molecule has 2 N–H and O–H groups in total. The Kier molecular flexibility index (Phi) is 6.26. The van der Waals surface area contributed by atoms with Crippen molar-refractivity contribution in [3.05, 3.63) is 47.0 Å². The highest BCUT2D eigenvalue weighted by atomic mass is 35.5. The summed E-state index contributed by atoms with van der Waals surface area (Å²) in [6.07, 6.45) is 0. The van der Waals surface area contributed by atoms with Crippen LogP contribution in [0.2, 0.25) is 5.02 Å². The molecule has 2 aromatic carbocycles. The molecule has 0 saturated carbocycles. The van der Waals surface area contributed by atoms with E-state index in [4.69, 9.17) is 11.6 Å². The second-order valence-electron chi connectivity index (χ2n) is 6.31. The Hall–Kier alpha value is -2.10. The maximum Gasteiger partial charge on any atom is 0.387 e. The Morgan fingerprint density at radius 1 is 1.18 bits per heavy atom. The summed E-state index contributed by atoms with van der Waals surface area (Å²) in [5, 5.41) is 3.43. The average Bonchev–Trinajstić information content (AvgIpc) is 2.64. The third-order valence-corrected chi connectivity index (χ3v) is 5.95. The van der Waals surface area contributed by atoms with Crippen molar-refractivity contribution < 1.29 is 21.9 Å². The van der Waals surface area contributed by atoms with Crippen LogP contribution in [0.4, 0.5) is 20.2 Å². The number of benzene rings is 2. The van der Waals surface area contributed by atoms with Gasteiger partial charge in [0.1, 0.15) is 5.75 Å². The molecule has 0 atom stereocenters. The van der Waals surface area contributed by atoms with Crippen LogP contribution < -0.4 is 19.7 Å². The van der Waals surface area contributed by atoms with E-state index in [-0.39, 0.29) is 21.4 Å². The largest absolute Gasteiger partial charge is 0.433 e. The maximum atomic E-state index is 12.9. The van der Waals surface area contributed by atoms with Gasteiger partial charge in [-0.15, -0.1) is 0 Å². The summed E-state index contributed by atoms with van der Waals surface area (Å²) in [7, 11) is -4.04. The lowest BCUT2D eigenvalue weighted by molar-refractivity contribution is -0.0493. The number of nitrogens with zero attached hydrogens (tertiary/aromatic N) is 1.